The molecule has 118 valence electrons. The number of hydrogen-bond donors (Lipinski definition) is 1. The Morgan fingerprint density at radius 2 is 2.13 bits per heavy atom. The molecule has 1 aliphatic rings. The molecule has 3 aromatic rings. The summed E-state index contributed by atoms with van der Waals surface area (Å²) in [6.07, 6.45) is 2.48. The standard InChI is InChI=1S/C17H16ClN3OS/c18-13-7-5-12(6-8-13)17-19-16(22-20-17)11-21-9-1-3-14(21)15-4-2-10-23-15/h2,4-8,10,14H,1,3,9,11H2/p+1/t14-/m0/s1. The van der Waals surface area contributed by atoms with E-state index >= 15 is 0 Å². The molecule has 4 nitrogen and oxygen atoms in total. The molecule has 2 aromatic heterocycles. The van der Waals surface area contributed by atoms with Crippen molar-refractivity contribution < 1.29 is 9.42 Å². The van der Waals surface area contributed by atoms with Crippen LogP contribution in [0.15, 0.2) is 46.3 Å². The van der Waals surface area contributed by atoms with E-state index in [-0.39, 0.29) is 0 Å². The van der Waals surface area contributed by atoms with Crippen LogP contribution in [-0.2, 0) is 6.54 Å². The van der Waals surface area contributed by atoms with Gasteiger partial charge in [0.05, 0.1) is 11.4 Å². The molecule has 1 unspecified atom stereocenters. The summed E-state index contributed by atoms with van der Waals surface area (Å²) in [5, 5.41) is 6.96. The van der Waals surface area contributed by atoms with Crippen LogP contribution in [0.1, 0.15) is 29.7 Å². The fourth-order valence-electron chi connectivity index (χ4n) is 3.19. The number of likely N-dealkylation sites (tertiary alicyclic amines) is 1. The Morgan fingerprint density at radius 1 is 1.26 bits per heavy atom. The Bertz CT molecular complexity index is 770. The largest absolute Gasteiger partial charge is 0.333 e. The lowest BCUT2D eigenvalue weighted by Crippen LogP contribution is -3.08. The Hall–Kier alpha value is -1.69. The van der Waals surface area contributed by atoms with Gasteiger partial charge in [0.25, 0.3) is 5.89 Å². The molecule has 0 amide bonds. The lowest BCUT2D eigenvalue weighted by atomic mass is 10.2. The van der Waals surface area contributed by atoms with Crippen LogP contribution in [-0.4, -0.2) is 16.7 Å². The number of quaternary nitrogens is 1. The molecule has 0 spiro atoms. The Balaban J connectivity index is 1.50. The quantitative estimate of drug-likeness (QED) is 0.787. The highest BCUT2D eigenvalue weighted by Gasteiger charge is 2.32. The zero-order valence-corrected chi connectivity index (χ0v) is 14.1. The third kappa shape index (κ3) is 3.17. The summed E-state index contributed by atoms with van der Waals surface area (Å²) in [5.41, 5.74) is 0.927. The predicted octanol–water partition coefficient (Wildman–Crippen LogP) is 3.37. The highest BCUT2D eigenvalue weighted by molar-refractivity contribution is 7.10. The SMILES string of the molecule is Clc1ccc(-c2noc(C[NH+]3CCC[C@H]3c3cccs3)n2)cc1. The number of thiophene rings is 1. The number of nitrogens with zero attached hydrogens (tertiary/aromatic N) is 2. The normalized spacial score (nSPS) is 20.9. The van der Waals surface area contributed by atoms with Gasteiger partial charge in [-0.25, -0.2) is 0 Å². The van der Waals surface area contributed by atoms with Crippen LogP contribution in [0, 0.1) is 0 Å². The lowest BCUT2D eigenvalue weighted by molar-refractivity contribution is -0.932. The van der Waals surface area contributed by atoms with E-state index < -0.39 is 0 Å². The predicted molar refractivity (Wildman–Crippen MR) is 90.6 cm³/mol. The van der Waals surface area contributed by atoms with Crippen LogP contribution in [0.25, 0.3) is 11.4 Å². The number of aromatic nitrogens is 2. The minimum Gasteiger partial charge on any atom is -0.333 e. The van der Waals surface area contributed by atoms with Crippen molar-refractivity contribution in [2.75, 3.05) is 6.54 Å². The van der Waals surface area contributed by atoms with Crippen molar-refractivity contribution in [3.63, 3.8) is 0 Å². The van der Waals surface area contributed by atoms with Crippen LogP contribution in [0.3, 0.4) is 0 Å². The number of hydrogen-bond acceptors (Lipinski definition) is 4. The van der Waals surface area contributed by atoms with Crippen molar-refractivity contribution in [3.8, 4) is 11.4 Å². The maximum atomic E-state index is 5.92. The fraction of sp³-hybridized carbons (Fsp3) is 0.294. The highest BCUT2D eigenvalue weighted by atomic mass is 35.5. The van der Waals surface area contributed by atoms with E-state index in [0.717, 1.165) is 18.7 Å². The first-order valence-electron chi connectivity index (χ1n) is 7.76. The maximum absolute atomic E-state index is 5.92. The van der Waals surface area contributed by atoms with Crippen LogP contribution >= 0.6 is 22.9 Å². The van der Waals surface area contributed by atoms with E-state index in [1.807, 2.05) is 35.6 Å². The average Bonchev–Trinajstić information content (AvgIpc) is 3.29. The maximum Gasteiger partial charge on any atom is 0.282 e. The molecule has 0 radical (unpaired) electrons. The zero-order chi connectivity index (χ0) is 15.6. The summed E-state index contributed by atoms with van der Waals surface area (Å²) in [6, 6.07) is 12.4. The first kappa shape index (κ1) is 14.9. The van der Waals surface area contributed by atoms with Crippen molar-refractivity contribution in [3.05, 3.63) is 57.6 Å². The van der Waals surface area contributed by atoms with E-state index in [1.54, 1.807) is 0 Å². The summed E-state index contributed by atoms with van der Waals surface area (Å²) >= 11 is 7.75. The molecule has 1 aromatic carbocycles. The van der Waals surface area contributed by atoms with Crippen molar-refractivity contribution in [1.29, 1.82) is 0 Å². The first-order valence-corrected chi connectivity index (χ1v) is 9.02. The van der Waals surface area contributed by atoms with Crippen molar-refractivity contribution in [2.45, 2.75) is 25.4 Å². The smallest absolute Gasteiger partial charge is 0.282 e. The van der Waals surface area contributed by atoms with Gasteiger partial charge in [-0.1, -0.05) is 22.8 Å². The summed E-state index contributed by atoms with van der Waals surface area (Å²) in [7, 11) is 0. The van der Waals surface area contributed by atoms with Crippen molar-refractivity contribution in [1.82, 2.24) is 10.1 Å². The van der Waals surface area contributed by atoms with Crippen molar-refractivity contribution in [2.24, 2.45) is 0 Å². The van der Waals surface area contributed by atoms with E-state index in [2.05, 4.69) is 27.7 Å². The van der Waals surface area contributed by atoms with Gasteiger partial charge < -0.3 is 9.42 Å². The Labute approximate surface area is 143 Å². The molecule has 6 heteroatoms. The van der Waals surface area contributed by atoms with Gasteiger partial charge >= 0.3 is 0 Å². The molecule has 0 bridgehead atoms. The van der Waals surface area contributed by atoms with Crippen LogP contribution in [0.2, 0.25) is 5.02 Å². The van der Waals surface area contributed by atoms with Gasteiger partial charge in [0.2, 0.25) is 5.82 Å². The molecule has 1 N–H and O–H groups in total. The summed E-state index contributed by atoms with van der Waals surface area (Å²) in [5.74, 6) is 1.33. The molecule has 1 fully saturated rings. The van der Waals surface area contributed by atoms with Gasteiger partial charge in [-0.3, -0.25) is 0 Å². The molecule has 23 heavy (non-hydrogen) atoms. The number of halogens is 1. The molecule has 1 saturated heterocycles. The molecule has 2 atom stereocenters. The second kappa shape index (κ2) is 6.43. The second-order valence-corrected chi connectivity index (χ2v) is 7.23. The van der Waals surface area contributed by atoms with E-state index in [1.165, 1.54) is 22.6 Å². The molecule has 3 heterocycles. The zero-order valence-electron chi connectivity index (χ0n) is 12.5. The van der Waals surface area contributed by atoms with E-state index in [0.29, 0.717) is 22.8 Å². The lowest BCUT2D eigenvalue weighted by Gasteiger charge is -2.18. The fourth-order valence-corrected chi connectivity index (χ4v) is 4.24. The molecule has 0 saturated carbocycles. The first-order chi connectivity index (χ1) is 11.3. The number of benzene rings is 1. The minimum atomic E-state index is 0.556. The second-order valence-electron chi connectivity index (χ2n) is 5.81. The molecule has 1 aliphatic heterocycles. The number of rotatable bonds is 4. The van der Waals surface area contributed by atoms with Crippen LogP contribution in [0.5, 0.6) is 0 Å². The van der Waals surface area contributed by atoms with Gasteiger partial charge in [0, 0.05) is 23.4 Å². The molecule has 0 aliphatic carbocycles. The third-order valence-corrected chi connectivity index (χ3v) is 5.56. The van der Waals surface area contributed by atoms with Gasteiger partial charge in [0.1, 0.15) is 6.04 Å². The van der Waals surface area contributed by atoms with Gasteiger partial charge in [-0.15, -0.1) is 11.3 Å². The van der Waals surface area contributed by atoms with Gasteiger partial charge in [-0.05, 0) is 35.7 Å². The summed E-state index contributed by atoms with van der Waals surface area (Å²) in [4.78, 5) is 7.52. The van der Waals surface area contributed by atoms with Crippen LogP contribution < -0.4 is 4.90 Å². The van der Waals surface area contributed by atoms with Crippen LogP contribution in [0.4, 0.5) is 0 Å². The Kier molecular flexibility index (Phi) is 4.16. The topological polar surface area (TPSA) is 43.4 Å². The van der Waals surface area contributed by atoms with Crippen molar-refractivity contribution >= 4 is 22.9 Å². The van der Waals surface area contributed by atoms with E-state index in [9.17, 15) is 0 Å². The minimum absolute atomic E-state index is 0.556. The number of nitrogens with one attached hydrogen (secondary N) is 1. The van der Waals surface area contributed by atoms with E-state index in [4.69, 9.17) is 16.1 Å². The monoisotopic (exact) mass is 346 g/mol. The summed E-state index contributed by atoms with van der Waals surface area (Å²) in [6.45, 7) is 1.93. The molecule has 4 rings (SSSR count). The average molecular weight is 347 g/mol. The summed E-state index contributed by atoms with van der Waals surface area (Å²) < 4.78 is 5.47. The molecular formula is C17H17ClN3OS+. The third-order valence-electron chi connectivity index (χ3n) is 4.32. The van der Waals surface area contributed by atoms with Gasteiger partial charge in [-0.2, -0.15) is 4.98 Å². The molecular weight excluding hydrogens is 330 g/mol. The Morgan fingerprint density at radius 3 is 2.91 bits per heavy atom. The highest BCUT2D eigenvalue weighted by Crippen LogP contribution is 2.24. The van der Waals surface area contributed by atoms with Gasteiger partial charge in [0.15, 0.2) is 6.54 Å².